The van der Waals surface area contributed by atoms with Crippen molar-refractivity contribution in [2.24, 2.45) is 5.92 Å². The Morgan fingerprint density at radius 2 is 2.15 bits per heavy atom. The van der Waals surface area contributed by atoms with E-state index >= 15 is 0 Å². The monoisotopic (exact) mass is 185 g/mol. The number of rotatable bonds is 1. The molecule has 0 aromatic rings. The molecule has 1 unspecified atom stereocenters. The highest BCUT2D eigenvalue weighted by Gasteiger charge is 2.40. The van der Waals surface area contributed by atoms with Crippen LogP contribution in [-0.4, -0.2) is 34.1 Å². The maximum absolute atomic E-state index is 11.6. The van der Waals surface area contributed by atoms with Crippen molar-refractivity contribution in [2.45, 2.75) is 45.8 Å². The third-order valence-electron chi connectivity index (χ3n) is 2.70. The van der Waals surface area contributed by atoms with Crippen LogP contribution in [0.15, 0.2) is 0 Å². The lowest BCUT2D eigenvalue weighted by molar-refractivity contribution is -0.142. The molecule has 0 spiro atoms. The predicted octanol–water partition coefficient (Wildman–Crippen LogP) is 1.01. The first-order valence-corrected chi connectivity index (χ1v) is 4.84. The lowest BCUT2D eigenvalue weighted by atomic mass is 9.97. The molecule has 1 fully saturated rings. The largest absolute Gasteiger partial charge is 0.384 e. The Morgan fingerprint density at radius 3 is 2.46 bits per heavy atom. The molecule has 0 aliphatic carbocycles. The van der Waals surface area contributed by atoms with Crippen LogP contribution in [-0.2, 0) is 4.79 Å². The molecule has 0 saturated carbocycles. The summed E-state index contributed by atoms with van der Waals surface area (Å²) in [5.41, 5.74) is -0.0898. The normalized spacial score (nSPS) is 29.0. The van der Waals surface area contributed by atoms with Crippen molar-refractivity contribution in [1.82, 2.24) is 4.90 Å². The minimum atomic E-state index is -0.871. The summed E-state index contributed by atoms with van der Waals surface area (Å²) in [4.78, 5) is 13.4. The minimum Gasteiger partial charge on any atom is -0.384 e. The van der Waals surface area contributed by atoms with Gasteiger partial charge in [0.1, 0.15) is 6.10 Å². The van der Waals surface area contributed by atoms with Gasteiger partial charge in [0.15, 0.2) is 0 Å². The maximum atomic E-state index is 11.6. The van der Waals surface area contributed by atoms with Crippen molar-refractivity contribution in [3.8, 4) is 0 Å². The van der Waals surface area contributed by atoms with Crippen molar-refractivity contribution in [3.05, 3.63) is 0 Å². The second-order valence-corrected chi connectivity index (χ2v) is 4.75. The number of hydrogen-bond donors (Lipinski definition) is 1. The molecule has 0 aromatic carbocycles. The van der Waals surface area contributed by atoms with Crippen LogP contribution in [0.2, 0.25) is 0 Å². The van der Waals surface area contributed by atoms with Crippen molar-refractivity contribution < 1.29 is 9.90 Å². The second-order valence-electron chi connectivity index (χ2n) is 4.75. The molecule has 0 aromatic heterocycles. The molecule has 1 rings (SSSR count). The van der Waals surface area contributed by atoms with E-state index < -0.39 is 6.10 Å². The molecule has 3 heteroatoms. The molecule has 1 amide bonds. The molecule has 0 bridgehead atoms. The van der Waals surface area contributed by atoms with E-state index in [0.29, 0.717) is 5.92 Å². The van der Waals surface area contributed by atoms with Gasteiger partial charge in [0.2, 0.25) is 0 Å². The number of nitrogens with zero attached hydrogens (tertiary/aromatic N) is 1. The molecule has 1 heterocycles. The Hall–Kier alpha value is -0.570. The molecule has 0 radical (unpaired) electrons. The summed E-state index contributed by atoms with van der Waals surface area (Å²) < 4.78 is 0. The zero-order valence-corrected chi connectivity index (χ0v) is 8.87. The number of amides is 1. The molecule has 1 N–H and O–H groups in total. The van der Waals surface area contributed by atoms with Crippen LogP contribution in [0.5, 0.6) is 0 Å². The summed E-state index contributed by atoms with van der Waals surface area (Å²) in [6, 6.07) is 0. The first-order chi connectivity index (χ1) is 5.84. The molecule has 1 aliphatic heterocycles. The van der Waals surface area contributed by atoms with Crippen LogP contribution in [0.1, 0.15) is 34.1 Å². The highest BCUT2D eigenvalue weighted by molar-refractivity contribution is 5.81. The second kappa shape index (κ2) is 3.29. The molecule has 1 saturated heterocycles. The van der Waals surface area contributed by atoms with Crippen LogP contribution < -0.4 is 0 Å². The Kier molecular flexibility index (Phi) is 2.66. The van der Waals surface area contributed by atoms with E-state index in [1.54, 1.807) is 4.90 Å². The molecule has 3 nitrogen and oxygen atoms in total. The average molecular weight is 185 g/mol. The van der Waals surface area contributed by atoms with Crippen molar-refractivity contribution >= 4 is 5.91 Å². The van der Waals surface area contributed by atoms with E-state index in [-0.39, 0.29) is 11.4 Å². The van der Waals surface area contributed by atoms with E-state index in [4.69, 9.17) is 0 Å². The Labute approximate surface area is 79.7 Å². The lowest BCUT2D eigenvalue weighted by Crippen LogP contribution is -2.46. The first kappa shape index (κ1) is 10.5. The first-order valence-electron chi connectivity index (χ1n) is 4.84. The summed E-state index contributed by atoms with van der Waals surface area (Å²) in [5, 5.41) is 9.21. The van der Waals surface area contributed by atoms with Crippen molar-refractivity contribution in [3.63, 3.8) is 0 Å². The van der Waals surface area contributed by atoms with Crippen LogP contribution >= 0.6 is 0 Å². The van der Waals surface area contributed by atoms with Gasteiger partial charge in [-0.25, -0.2) is 0 Å². The van der Waals surface area contributed by atoms with Gasteiger partial charge in [-0.1, -0.05) is 6.92 Å². The SMILES string of the molecule is CC1CN(C(=O)[C@H](C)O)C(C)(C)C1. The fraction of sp³-hybridized carbons (Fsp3) is 0.900. The highest BCUT2D eigenvalue weighted by atomic mass is 16.3. The van der Waals surface area contributed by atoms with Crippen LogP contribution in [0.25, 0.3) is 0 Å². The highest BCUT2D eigenvalue weighted by Crippen LogP contribution is 2.32. The van der Waals surface area contributed by atoms with Gasteiger partial charge < -0.3 is 10.0 Å². The average Bonchev–Trinajstić information content (AvgIpc) is 2.22. The summed E-state index contributed by atoms with van der Waals surface area (Å²) in [6.07, 6.45) is 0.149. The van der Waals surface area contributed by atoms with E-state index in [9.17, 15) is 9.90 Å². The fourth-order valence-corrected chi connectivity index (χ4v) is 2.20. The number of carbonyl (C=O) groups is 1. The van der Waals surface area contributed by atoms with Gasteiger partial charge in [-0.15, -0.1) is 0 Å². The Balaban J connectivity index is 2.75. The number of hydrogen-bond acceptors (Lipinski definition) is 2. The number of carbonyl (C=O) groups excluding carboxylic acids is 1. The van der Waals surface area contributed by atoms with Crippen molar-refractivity contribution in [1.29, 1.82) is 0 Å². The molecule has 13 heavy (non-hydrogen) atoms. The van der Waals surface area contributed by atoms with Crippen LogP contribution in [0.4, 0.5) is 0 Å². The van der Waals surface area contributed by atoms with Gasteiger partial charge in [-0.2, -0.15) is 0 Å². The topological polar surface area (TPSA) is 40.5 Å². The maximum Gasteiger partial charge on any atom is 0.251 e. The quantitative estimate of drug-likeness (QED) is 0.662. The lowest BCUT2D eigenvalue weighted by Gasteiger charge is -2.32. The zero-order chi connectivity index (χ0) is 10.2. The van der Waals surface area contributed by atoms with Gasteiger partial charge in [0.25, 0.3) is 5.91 Å². The van der Waals surface area contributed by atoms with E-state index in [0.717, 1.165) is 13.0 Å². The van der Waals surface area contributed by atoms with Crippen molar-refractivity contribution in [2.75, 3.05) is 6.54 Å². The van der Waals surface area contributed by atoms with E-state index in [2.05, 4.69) is 20.8 Å². The minimum absolute atomic E-state index is 0.0898. The number of aliphatic hydroxyl groups is 1. The zero-order valence-electron chi connectivity index (χ0n) is 8.87. The number of aliphatic hydroxyl groups excluding tert-OH is 1. The van der Waals surface area contributed by atoms with E-state index in [1.165, 1.54) is 6.92 Å². The smallest absolute Gasteiger partial charge is 0.251 e. The summed E-state index contributed by atoms with van der Waals surface area (Å²) in [6.45, 7) is 8.54. The summed E-state index contributed by atoms with van der Waals surface area (Å²) >= 11 is 0. The Bertz CT molecular complexity index is 211. The molecule has 2 atom stereocenters. The third kappa shape index (κ3) is 2.02. The molecular formula is C10H19NO2. The summed E-state index contributed by atoms with van der Waals surface area (Å²) in [7, 11) is 0. The number of likely N-dealkylation sites (tertiary alicyclic amines) is 1. The van der Waals surface area contributed by atoms with Gasteiger partial charge >= 0.3 is 0 Å². The third-order valence-corrected chi connectivity index (χ3v) is 2.70. The predicted molar refractivity (Wildman–Crippen MR) is 51.3 cm³/mol. The summed E-state index contributed by atoms with van der Waals surface area (Å²) in [5.74, 6) is 0.395. The van der Waals surface area contributed by atoms with Gasteiger partial charge in [0, 0.05) is 12.1 Å². The fourth-order valence-electron chi connectivity index (χ4n) is 2.20. The van der Waals surface area contributed by atoms with Crippen LogP contribution in [0, 0.1) is 5.92 Å². The van der Waals surface area contributed by atoms with Crippen LogP contribution in [0.3, 0.4) is 0 Å². The van der Waals surface area contributed by atoms with Gasteiger partial charge in [0.05, 0.1) is 0 Å². The molecule has 76 valence electrons. The molecular weight excluding hydrogens is 166 g/mol. The van der Waals surface area contributed by atoms with Gasteiger partial charge in [-0.05, 0) is 33.1 Å². The van der Waals surface area contributed by atoms with Gasteiger partial charge in [-0.3, -0.25) is 4.79 Å². The standard InChI is InChI=1S/C10H19NO2/c1-7-5-10(3,4)11(6-7)9(13)8(2)12/h7-8,12H,5-6H2,1-4H3/t7?,8-/m0/s1. The molecule has 1 aliphatic rings. The van der Waals surface area contributed by atoms with E-state index in [1.807, 2.05) is 0 Å². The Morgan fingerprint density at radius 1 is 1.62 bits per heavy atom.